The van der Waals surface area contributed by atoms with Gasteiger partial charge in [0.25, 0.3) is 0 Å². The fourth-order valence-electron chi connectivity index (χ4n) is 4.51. The van der Waals surface area contributed by atoms with E-state index in [2.05, 4.69) is 20.9 Å². The fourth-order valence-corrected chi connectivity index (χ4v) is 4.51. The van der Waals surface area contributed by atoms with Crippen LogP contribution in [0.5, 0.6) is 5.88 Å². The van der Waals surface area contributed by atoms with Gasteiger partial charge in [-0.3, -0.25) is 14.9 Å². The highest BCUT2D eigenvalue weighted by Crippen LogP contribution is 2.34. The molecule has 1 aliphatic heterocycles. The van der Waals surface area contributed by atoms with Crippen LogP contribution in [0.25, 0.3) is 0 Å². The SMILES string of the molecule is CC[C@@H](CNc1ccc(N2CCCC2=O)cc1)NC(=O)[C@H](CC(C)C)N[C@@H](c1ccc(OC)nc1)C(F)(F)F. The van der Waals surface area contributed by atoms with Gasteiger partial charge in [-0.2, -0.15) is 13.2 Å². The van der Waals surface area contributed by atoms with E-state index in [1.54, 1.807) is 4.90 Å². The van der Waals surface area contributed by atoms with Crippen molar-refractivity contribution in [2.75, 3.05) is 30.4 Å². The maximum atomic E-state index is 14.1. The Hall–Kier alpha value is -3.34. The third-order valence-corrected chi connectivity index (χ3v) is 6.66. The van der Waals surface area contributed by atoms with Gasteiger partial charge in [0, 0.05) is 49.2 Å². The summed E-state index contributed by atoms with van der Waals surface area (Å²) >= 11 is 0. The second-order valence-electron chi connectivity index (χ2n) is 10.1. The van der Waals surface area contributed by atoms with Crippen molar-refractivity contribution in [2.45, 2.75) is 70.8 Å². The fraction of sp³-hybridized carbons (Fsp3) is 0.536. The van der Waals surface area contributed by atoms with Gasteiger partial charge in [0.2, 0.25) is 17.7 Å². The Morgan fingerprint density at radius 2 is 1.87 bits per heavy atom. The van der Waals surface area contributed by atoms with Crippen LogP contribution in [-0.4, -0.2) is 55.3 Å². The Morgan fingerprint density at radius 3 is 2.38 bits per heavy atom. The Kier molecular flexibility index (Phi) is 10.6. The lowest BCUT2D eigenvalue weighted by atomic mass is 9.99. The molecule has 39 heavy (non-hydrogen) atoms. The number of rotatable bonds is 13. The molecule has 0 spiro atoms. The van der Waals surface area contributed by atoms with E-state index in [1.807, 2.05) is 45.0 Å². The van der Waals surface area contributed by atoms with E-state index in [4.69, 9.17) is 4.74 Å². The van der Waals surface area contributed by atoms with E-state index < -0.39 is 24.2 Å². The lowest BCUT2D eigenvalue weighted by Gasteiger charge is -2.29. The minimum absolute atomic E-state index is 0.0182. The smallest absolute Gasteiger partial charge is 0.407 e. The normalized spacial score (nSPS) is 16.2. The van der Waals surface area contributed by atoms with Crippen LogP contribution in [0, 0.1) is 5.92 Å². The largest absolute Gasteiger partial charge is 0.481 e. The maximum absolute atomic E-state index is 14.1. The number of halogens is 3. The Balaban J connectivity index is 1.65. The average Bonchev–Trinajstić information content (AvgIpc) is 3.34. The average molecular weight is 550 g/mol. The van der Waals surface area contributed by atoms with Gasteiger partial charge in [-0.05, 0) is 55.0 Å². The molecule has 214 valence electrons. The lowest BCUT2D eigenvalue weighted by Crippen LogP contribution is -2.52. The van der Waals surface area contributed by atoms with Gasteiger partial charge in [0.15, 0.2) is 0 Å². The number of aromatic nitrogens is 1. The van der Waals surface area contributed by atoms with Gasteiger partial charge in [-0.25, -0.2) is 4.98 Å². The molecule has 3 N–H and O–H groups in total. The molecule has 1 saturated heterocycles. The number of hydrogen-bond acceptors (Lipinski definition) is 6. The van der Waals surface area contributed by atoms with E-state index >= 15 is 0 Å². The molecule has 11 heteroatoms. The first kappa shape index (κ1) is 30.2. The zero-order valence-electron chi connectivity index (χ0n) is 22.8. The number of pyridine rings is 1. The molecule has 8 nitrogen and oxygen atoms in total. The molecular weight excluding hydrogens is 511 g/mol. The molecule has 0 bridgehead atoms. The number of nitrogens with one attached hydrogen (secondary N) is 3. The monoisotopic (exact) mass is 549 g/mol. The van der Waals surface area contributed by atoms with Crippen molar-refractivity contribution < 1.29 is 27.5 Å². The highest BCUT2D eigenvalue weighted by molar-refractivity contribution is 5.95. The van der Waals surface area contributed by atoms with Crippen molar-refractivity contribution in [2.24, 2.45) is 5.92 Å². The van der Waals surface area contributed by atoms with Gasteiger partial charge in [0.1, 0.15) is 6.04 Å². The molecule has 0 aliphatic carbocycles. The van der Waals surface area contributed by atoms with Crippen molar-refractivity contribution in [3.8, 4) is 5.88 Å². The summed E-state index contributed by atoms with van der Waals surface area (Å²) in [4.78, 5) is 30.9. The molecule has 3 rings (SSSR count). The molecule has 1 aromatic heterocycles. The lowest BCUT2D eigenvalue weighted by molar-refractivity contribution is -0.161. The first-order valence-corrected chi connectivity index (χ1v) is 13.3. The third-order valence-electron chi connectivity index (χ3n) is 6.66. The number of nitrogens with zero attached hydrogens (tertiary/aromatic N) is 2. The minimum Gasteiger partial charge on any atom is -0.481 e. The van der Waals surface area contributed by atoms with Crippen LogP contribution in [0.1, 0.15) is 58.1 Å². The molecular formula is C28H38F3N5O3. The van der Waals surface area contributed by atoms with Crippen LogP contribution in [0.15, 0.2) is 42.6 Å². The van der Waals surface area contributed by atoms with E-state index in [1.165, 1.54) is 19.2 Å². The molecule has 0 saturated carbocycles. The number of hydrogen-bond donors (Lipinski definition) is 3. The van der Waals surface area contributed by atoms with Gasteiger partial charge in [-0.15, -0.1) is 0 Å². The number of alkyl halides is 3. The van der Waals surface area contributed by atoms with Crippen LogP contribution >= 0.6 is 0 Å². The van der Waals surface area contributed by atoms with Crippen LogP contribution in [-0.2, 0) is 9.59 Å². The number of carbonyl (C=O) groups excluding carboxylic acids is 2. The molecule has 1 fully saturated rings. The highest BCUT2D eigenvalue weighted by atomic mass is 19.4. The van der Waals surface area contributed by atoms with Gasteiger partial charge < -0.3 is 20.3 Å². The summed E-state index contributed by atoms with van der Waals surface area (Å²) in [7, 11) is 1.38. The summed E-state index contributed by atoms with van der Waals surface area (Å²) in [5, 5.41) is 8.73. The van der Waals surface area contributed by atoms with E-state index in [0.29, 0.717) is 25.9 Å². The molecule has 2 aromatic rings. The number of anilines is 2. The number of amides is 2. The number of ether oxygens (including phenoxy) is 1. The topological polar surface area (TPSA) is 95.6 Å². The molecule has 3 atom stereocenters. The quantitative estimate of drug-likeness (QED) is 0.331. The Morgan fingerprint density at radius 1 is 1.15 bits per heavy atom. The molecule has 0 unspecified atom stereocenters. The molecule has 2 amide bonds. The van der Waals surface area contributed by atoms with Crippen molar-refractivity contribution in [3.05, 3.63) is 48.2 Å². The molecule has 2 heterocycles. The summed E-state index contributed by atoms with van der Waals surface area (Å²) in [5.74, 6) is -0.190. The Labute approximate surface area is 227 Å². The highest BCUT2D eigenvalue weighted by Gasteiger charge is 2.43. The van der Waals surface area contributed by atoms with Crippen LogP contribution in [0.4, 0.5) is 24.5 Å². The molecule has 0 radical (unpaired) electrons. The summed E-state index contributed by atoms with van der Waals surface area (Å²) in [6.07, 6.45) is -1.31. The zero-order valence-corrected chi connectivity index (χ0v) is 22.8. The van der Waals surface area contributed by atoms with E-state index in [9.17, 15) is 22.8 Å². The maximum Gasteiger partial charge on any atom is 0.407 e. The minimum atomic E-state index is -4.64. The first-order chi connectivity index (χ1) is 18.5. The zero-order chi connectivity index (χ0) is 28.6. The number of carbonyl (C=O) groups is 2. The standard InChI is InChI=1S/C28H38F3N5O3/c1-5-20(17-32-21-9-11-22(12-10-21)36-14-6-7-25(36)37)34-27(38)23(15-18(2)3)35-26(28(29,30)31)19-8-13-24(39-4)33-16-19/h8-13,16,18,20,23,26,32,35H,5-7,14-15,17H2,1-4H3,(H,34,38)/t20-,23-,26-/m0/s1. The van der Waals surface area contributed by atoms with Crippen molar-refractivity contribution in [1.29, 1.82) is 0 Å². The summed E-state index contributed by atoms with van der Waals surface area (Å²) < 4.78 is 47.1. The Bertz CT molecular complexity index is 1080. The second-order valence-corrected chi connectivity index (χ2v) is 10.1. The van der Waals surface area contributed by atoms with Gasteiger partial charge >= 0.3 is 6.18 Å². The van der Waals surface area contributed by atoms with Crippen molar-refractivity contribution in [3.63, 3.8) is 0 Å². The predicted octanol–water partition coefficient (Wildman–Crippen LogP) is 4.83. The molecule has 1 aromatic carbocycles. The first-order valence-electron chi connectivity index (χ1n) is 13.3. The van der Waals surface area contributed by atoms with Gasteiger partial charge in [-0.1, -0.05) is 26.8 Å². The van der Waals surface area contributed by atoms with E-state index in [-0.39, 0.29) is 35.7 Å². The summed E-state index contributed by atoms with van der Waals surface area (Å²) in [6, 6.07) is 6.71. The van der Waals surface area contributed by atoms with E-state index in [0.717, 1.165) is 24.0 Å². The second kappa shape index (κ2) is 13.6. The summed E-state index contributed by atoms with van der Waals surface area (Å²) in [5.41, 5.74) is 1.56. The van der Waals surface area contributed by atoms with Crippen molar-refractivity contribution >= 4 is 23.2 Å². The van der Waals surface area contributed by atoms with Crippen LogP contribution < -0.4 is 25.6 Å². The van der Waals surface area contributed by atoms with Crippen LogP contribution in [0.3, 0.4) is 0 Å². The van der Waals surface area contributed by atoms with Crippen LogP contribution in [0.2, 0.25) is 0 Å². The van der Waals surface area contributed by atoms with Gasteiger partial charge in [0.05, 0.1) is 13.2 Å². The van der Waals surface area contributed by atoms with Crippen molar-refractivity contribution in [1.82, 2.24) is 15.6 Å². The predicted molar refractivity (Wildman–Crippen MR) is 145 cm³/mol. The number of methoxy groups -OCH3 is 1. The molecule has 1 aliphatic rings. The summed E-state index contributed by atoms with van der Waals surface area (Å²) in [6.45, 7) is 6.73. The number of benzene rings is 1. The third kappa shape index (κ3) is 8.58.